The van der Waals surface area contributed by atoms with E-state index in [1.807, 2.05) is 13.8 Å². The van der Waals surface area contributed by atoms with Crippen molar-refractivity contribution in [1.29, 1.82) is 0 Å². The standard InChI is InChI=1S/C14H26N2O4/c1-11(2)16-13(18)7-5-4-6-10-15-12(17)8-9-14(19)20-3/h11H,4-10H2,1-3H3,(H,15,17)(H,16,18). The molecular formula is C14H26N2O4. The van der Waals surface area contributed by atoms with Crippen LogP contribution < -0.4 is 10.6 Å². The highest BCUT2D eigenvalue weighted by Gasteiger charge is 2.06. The van der Waals surface area contributed by atoms with E-state index in [2.05, 4.69) is 15.4 Å². The van der Waals surface area contributed by atoms with Crippen LogP contribution in [0.1, 0.15) is 52.4 Å². The van der Waals surface area contributed by atoms with Gasteiger partial charge in [0.25, 0.3) is 0 Å². The van der Waals surface area contributed by atoms with Crippen molar-refractivity contribution < 1.29 is 19.1 Å². The van der Waals surface area contributed by atoms with E-state index in [1.165, 1.54) is 7.11 Å². The highest BCUT2D eigenvalue weighted by molar-refractivity contribution is 5.81. The first-order valence-corrected chi connectivity index (χ1v) is 7.08. The van der Waals surface area contributed by atoms with Crippen molar-refractivity contribution in [3.63, 3.8) is 0 Å². The summed E-state index contributed by atoms with van der Waals surface area (Å²) in [4.78, 5) is 33.5. The van der Waals surface area contributed by atoms with Crippen LogP contribution in [-0.2, 0) is 19.1 Å². The summed E-state index contributed by atoms with van der Waals surface area (Å²) >= 11 is 0. The molecule has 0 aromatic heterocycles. The topological polar surface area (TPSA) is 84.5 Å². The highest BCUT2D eigenvalue weighted by atomic mass is 16.5. The van der Waals surface area contributed by atoms with E-state index in [1.54, 1.807) is 0 Å². The Labute approximate surface area is 120 Å². The van der Waals surface area contributed by atoms with Crippen molar-refractivity contribution in [1.82, 2.24) is 10.6 Å². The van der Waals surface area contributed by atoms with Crippen LogP contribution in [0.5, 0.6) is 0 Å². The maximum atomic E-state index is 11.3. The summed E-state index contributed by atoms with van der Waals surface area (Å²) in [5.74, 6) is -0.452. The molecule has 2 N–H and O–H groups in total. The van der Waals surface area contributed by atoms with Gasteiger partial charge in [0.2, 0.25) is 11.8 Å². The SMILES string of the molecule is COC(=O)CCC(=O)NCCCCCC(=O)NC(C)C. The monoisotopic (exact) mass is 286 g/mol. The molecule has 0 atom stereocenters. The second kappa shape index (κ2) is 11.3. The minimum Gasteiger partial charge on any atom is -0.469 e. The lowest BCUT2D eigenvalue weighted by molar-refractivity contribution is -0.142. The molecule has 0 saturated heterocycles. The Morgan fingerprint density at radius 3 is 2.25 bits per heavy atom. The fourth-order valence-electron chi connectivity index (χ4n) is 1.62. The van der Waals surface area contributed by atoms with Gasteiger partial charge in [0.1, 0.15) is 0 Å². The molecule has 0 saturated carbocycles. The van der Waals surface area contributed by atoms with Gasteiger partial charge in [-0.3, -0.25) is 14.4 Å². The first-order chi connectivity index (χ1) is 9.45. The fraction of sp³-hybridized carbons (Fsp3) is 0.786. The maximum absolute atomic E-state index is 11.3. The van der Waals surface area contributed by atoms with Gasteiger partial charge >= 0.3 is 5.97 Å². The van der Waals surface area contributed by atoms with Gasteiger partial charge in [-0.2, -0.15) is 0 Å². The third-order valence-corrected chi connectivity index (χ3v) is 2.64. The van der Waals surface area contributed by atoms with Gasteiger partial charge in [-0.05, 0) is 26.7 Å². The minimum absolute atomic E-state index is 0.0714. The number of esters is 1. The van der Waals surface area contributed by atoms with E-state index < -0.39 is 0 Å². The number of rotatable bonds is 10. The molecule has 0 aromatic carbocycles. The second-order valence-corrected chi connectivity index (χ2v) is 4.96. The third-order valence-electron chi connectivity index (χ3n) is 2.64. The Hall–Kier alpha value is -1.59. The average Bonchev–Trinajstić information content (AvgIpc) is 2.39. The Bertz CT molecular complexity index is 316. The Morgan fingerprint density at radius 2 is 1.65 bits per heavy atom. The van der Waals surface area contributed by atoms with Crippen molar-refractivity contribution in [3.8, 4) is 0 Å². The number of hydrogen-bond donors (Lipinski definition) is 2. The number of unbranched alkanes of at least 4 members (excludes halogenated alkanes) is 2. The summed E-state index contributed by atoms with van der Waals surface area (Å²) in [6.07, 6.45) is 3.33. The summed E-state index contributed by atoms with van der Waals surface area (Å²) < 4.78 is 4.45. The van der Waals surface area contributed by atoms with E-state index in [0.717, 1.165) is 19.3 Å². The lowest BCUT2D eigenvalue weighted by Gasteiger charge is -2.08. The molecule has 0 aliphatic carbocycles. The van der Waals surface area contributed by atoms with Gasteiger partial charge in [0.05, 0.1) is 13.5 Å². The molecule has 0 aromatic rings. The molecule has 20 heavy (non-hydrogen) atoms. The van der Waals surface area contributed by atoms with Gasteiger partial charge in [0, 0.05) is 25.4 Å². The van der Waals surface area contributed by atoms with Crippen LogP contribution in [-0.4, -0.2) is 37.5 Å². The minimum atomic E-state index is -0.378. The number of carbonyl (C=O) groups excluding carboxylic acids is 3. The number of amides is 2. The van der Waals surface area contributed by atoms with Gasteiger partial charge in [0.15, 0.2) is 0 Å². The Kier molecular flexibility index (Phi) is 10.4. The molecule has 0 heterocycles. The van der Waals surface area contributed by atoms with Crippen LogP contribution in [0.15, 0.2) is 0 Å². The number of methoxy groups -OCH3 is 1. The maximum Gasteiger partial charge on any atom is 0.306 e. The smallest absolute Gasteiger partial charge is 0.306 e. The van der Waals surface area contributed by atoms with Crippen LogP contribution in [0.2, 0.25) is 0 Å². The molecule has 0 fully saturated rings. The van der Waals surface area contributed by atoms with Crippen molar-refractivity contribution in [2.45, 2.75) is 58.4 Å². The number of nitrogens with one attached hydrogen (secondary N) is 2. The Morgan fingerprint density at radius 1 is 0.950 bits per heavy atom. The lowest BCUT2D eigenvalue weighted by Crippen LogP contribution is -2.29. The summed E-state index contributed by atoms with van der Waals surface area (Å²) in [7, 11) is 1.30. The summed E-state index contributed by atoms with van der Waals surface area (Å²) in [5.41, 5.74) is 0. The van der Waals surface area contributed by atoms with Gasteiger partial charge in [-0.25, -0.2) is 0 Å². The molecule has 6 heteroatoms. The van der Waals surface area contributed by atoms with Crippen LogP contribution in [0.25, 0.3) is 0 Å². The zero-order valence-electron chi connectivity index (χ0n) is 12.7. The third kappa shape index (κ3) is 11.5. The van der Waals surface area contributed by atoms with Crippen LogP contribution in [0.3, 0.4) is 0 Å². The quantitative estimate of drug-likeness (QED) is 0.466. The van der Waals surface area contributed by atoms with Crippen molar-refractivity contribution in [2.75, 3.05) is 13.7 Å². The van der Waals surface area contributed by atoms with E-state index >= 15 is 0 Å². The zero-order chi connectivity index (χ0) is 15.4. The number of hydrogen-bond acceptors (Lipinski definition) is 4. The van der Waals surface area contributed by atoms with E-state index in [-0.39, 0.29) is 36.7 Å². The molecule has 0 unspecified atom stereocenters. The number of carbonyl (C=O) groups is 3. The van der Waals surface area contributed by atoms with Crippen molar-refractivity contribution in [2.24, 2.45) is 0 Å². The van der Waals surface area contributed by atoms with Crippen molar-refractivity contribution >= 4 is 17.8 Å². The molecule has 0 rings (SSSR count). The van der Waals surface area contributed by atoms with Crippen LogP contribution in [0.4, 0.5) is 0 Å². The molecule has 0 radical (unpaired) electrons. The molecule has 0 aliphatic rings. The first kappa shape index (κ1) is 18.4. The van der Waals surface area contributed by atoms with Gasteiger partial charge in [-0.1, -0.05) is 6.42 Å². The highest BCUT2D eigenvalue weighted by Crippen LogP contribution is 2.00. The van der Waals surface area contributed by atoms with Gasteiger partial charge < -0.3 is 15.4 Å². The summed E-state index contributed by atoms with van der Waals surface area (Å²) in [5, 5.41) is 5.57. The van der Waals surface area contributed by atoms with E-state index in [4.69, 9.17) is 0 Å². The van der Waals surface area contributed by atoms with Crippen LogP contribution in [0, 0.1) is 0 Å². The first-order valence-electron chi connectivity index (χ1n) is 7.08. The largest absolute Gasteiger partial charge is 0.469 e. The summed E-state index contributed by atoms with van der Waals surface area (Å²) in [6.45, 7) is 4.44. The van der Waals surface area contributed by atoms with E-state index in [9.17, 15) is 14.4 Å². The molecular weight excluding hydrogens is 260 g/mol. The molecule has 0 aliphatic heterocycles. The average molecular weight is 286 g/mol. The fourth-order valence-corrected chi connectivity index (χ4v) is 1.62. The van der Waals surface area contributed by atoms with Crippen LogP contribution >= 0.6 is 0 Å². The molecule has 6 nitrogen and oxygen atoms in total. The van der Waals surface area contributed by atoms with Crippen molar-refractivity contribution in [3.05, 3.63) is 0 Å². The Balaban J connectivity index is 3.41. The summed E-state index contributed by atoms with van der Waals surface area (Å²) in [6, 6.07) is 0.177. The molecule has 0 spiro atoms. The lowest BCUT2D eigenvalue weighted by atomic mass is 10.2. The predicted octanol–water partition coefficient (Wildman–Crippen LogP) is 1.14. The second-order valence-electron chi connectivity index (χ2n) is 4.96. The molecule has 116 valence electrons. The predicted molar refractivity (Wildman–Crippen MR) is 76.0 cm³/mol. The van der Waals surface area contributed by atoms with E-state index in [0.29, 0.717) is 13.0 Å². The van der Waals surface area contributed by atoms with Gasteiger partial charge in [-0.15, -0.1) is 0 Å². The zero-order valence-corrected chi connectivity index (χ0v) is 12.7. The molecule has 0 bridgehead atoms. The normalized spacial score (nSPS) is 10.2. The molecule has 2 amide bonds. The number of ether oxygens (including phenoxy) is 1.